The molecule has 0 bridgehead atoms. The smallest absolute Gasteiger partial charge is 0.244 e. The van der Waals surface area contributed by atoms with Gasteiger partial charge in [0.2, 0.25) is 5.91 Å². The molecular formula is C16H19ClN2OS. The number of nitrogens with one attached hydrogen (secondary N) is 1. The van der Waals surface area contributed by atoms with Gasteiger partial charge in [0.15, 0.2) is 0 Å². The van der Waals surface area contributed by atoms with E-state index in [-0.39, 0.29) is 5.91 Å². The van der Waals surface area contributed by atoms with E-state index in [2.05, 4.69) is 10.2 Å². The SMILES string of the molecule is CN(C)CCCNC(=O)/C=C/c1sc2ccccc2c1Cl. The van der Waals surface area contributed by atoms with Gasteiger partial charge in [0.05, 0.1) is 5.02 Å². The van der Waals surface area contributed by atoms with E-state index in [9.17, 15) is 4.79 Å². The van der Waals surface area contributed by atoms with Crippen LogP contribution in [-0.2, 0) is 4.79 Å². The number of amides is 1. The number of hydrogen-bond acceptors (Lipinski definition) is 3. The molecule has 3 nitrogen and oxygen atoms in total. The van der Waals surface area contributed by atoms with Gasteiger partial charge in [-0.3, -0.25) is 4.79 Å². The Kier molecular flexibility index (Phi) is 5.79. The fourth-order valence-corrected chi connectivity index (χ4v) is 3.36. The maximum Gasteiger partial charge on any atom is 0.244 e. The monoisotopic (exact) mass is 322 g/mol. The van der Waals surface area contributed by atoms with Gasteiger partial charge < -0.3 is 10.2 Å². The predicted octanol–water partition coefficient (Wildman–Crippen LogP) is 3.64. The number of rotatable bonds is 6. The van der Waals surface area contributed by atoms with Crippen LogP contribution in [0.15, 0.2) is 30.3 Å². The molecule has 0 aliphatic heterocycles. The van der Waals surface area contributed by atoms with Crippen LogP contribution >= 0.6 is 22.9 Å². The first kappa shape index (κ1) is 16.0. The van der Waals surface area contributed by atoms with Gasteiger partial charge in [0.1, 0.15) is 0 Å². The van der Waals surface area contributed by atoms with Gasteiger partial charge in [-0.15, -0.1) is 11.3 Å². The van der Waals surface area contributed by atoms with Gasteiger partial charge in [-0.25, -0.2) is 0 Å². The van der Waals surface area contributed by atoms with E-state index >= 15 is 0 Å². The Balaban J connectivity index is 1.93. The van der Waals surface area contributed by atoms with E-state index in [1.165, 1.54) is 0 Å². The molecule has 0 atom stereocenters. The summed E-state index contributed by atoms with van der Waals surface area (Å²) in [7, 11) is 4.04. The van der Waals surface area contributed by atoms with Crippen LogP contribution in [0.25, 0.3) is 16.2 Å². The van der Waals surface area contributed by atoms with Gasteiger partial charge in [0, 0.05) is 27.6 Å². The molecule has 5 heteroatoms. The van der Waals surface area contributed by atoms with Gasteiger partial charge in [-0.2, -0.15) is 0 Å². The van der Waals surface area contributed by atoms with Crippen molar-refractivity contribution in [1.29, 1.82) is 0 Å². The molecule has 2 rings (SSSR count). The van der Waals surface area contributed by atoms with Crippen molar-refractivity contribution in [2.75, 3.05) is 27.2 Å². The molecule has 0 aliphatic rings. The minimum absolute atomic E-state index is 0.0812. The van der Waals surface area contributed by atoms with E-state index in [1.54, 1.807) is 23.5 Å². The molecule has 1 aromatic heterocycles. The molecule has 0 saturated carbocycles. The lowest BCUT2D eigenvalue weighted by atomic mass is 10.2. The number of hydrogen-bond donors (Lipinski definition) is 1. The van der Waals surface area contributed by atoms with E-state index in [1.807, 2.05) is 38.4 Å². The van der Waals surface area contributed by atoms with Crippen LogP contribution in [-0.4, -0.2) is 38.0 Å². The molecule has 0 fully saturated rings. The minimum atomic E-state index is -0.0812. The second-order valence-electron chi connectivity index (χ2n) is 5.06. The van der Waals surface area contributed by atoms with Crippen LogP contribution in [0.4, 0.5) is 0 Å². The second kappa shape index (κ2) is 7.59. The number of halogens is 1. The summed E-state index contributed by atoms with van der Waals surface area (Å²) in [6.07, 6.45) is 4.27. The molecule has 1 aromatic carbocycles. The molecule has 0 aliphatic carbocycles. The first-order valence-corrected chi connectivity index (χ1v) is 8.05. The number of carbonyl (C=O) groups excluding carboxylic acids is 1. The van der Waals surface area contributed by atoms with Crippen molar-refractivity contribution in [3.8, 4) is 0 Å². The Hall–Kier alpha value is -1.36. The van der Waals surface area contributed by atoms with Crippen LogP contribution in [0.1, 0.15) is 11.3 Å². The molecule has 1 N–H and O–H groups in total. The number of thiophene rings is 1. The minimum Gasteiger partial charge on any atom is -0.353 e. The molecule has 21 heavy (non-hydrogen) atoms. The third-order valence-corrected chi connectivity index (χ3v) is 4.68. The van der Waals surface area contributed by atoms with Crippen LogP contribution in [0.5, 0.6) is 0 Å². The maximum absolute atomic E-state index is 11.7. The fourth-order valence-electron chi connectivity index (χ4n) is 1.96. The van der Waals surface area contributed by atoms with Gasteiger partial charge in [-0.05, 0) is 39.2 Å². The van der Waals surface area contributed by atoms with E-state index in [0.29, 0.717) is 11.6 Å². The second-order valence-corrected chi connectivity index (χ2v) is 6.52. The number of carbonyl (C=O) groups is 1. The lowest BCUT2D eigenvalue weighted by Gasteiger charge is -2.08. The zero-order valence-corrected chi connectivity index (χ0v) is 13.8. The highest BCUT2D eigenvalue weighted by molar-refractivity contribution is 7.20. The summed E-state index contributed by atoms with van der Waals surface area (Å²) in [5.74, 6) is -0.0812. The molecule has 0 saturated heterocycles. The third kappa shape index (κ3) is 4.56. The summed E-state index contributed by atoms with van der Waals surface area (Å²) in [6.45, 7) is 1.65. The highest BCUT2D eigenvalue weighted by atomic mass is 35.5. The van der Waals surface area contributed by atoms with Crippen molar-refractivity contribution in [1.82, 2.24) is 10.2 Å². The van der Waals surface area contributed by atoms with Crippen molar-refractivity contribution in [3.63, 3.8) is 0 Å². The molecule has 112 valence electrons. The molecule has 0 spiro atoms. The molecule has 0 radical (unpaired) electrons. The van der Waals surface area contributed by atoms with Crippen LogP contribution in [0, 0.1) is 0 Å². The maximum atomic E-state index is 11.7. The number of benzene rings is 1. The Morgan fingerprint density at radius 2 is 2.14 bits per heavy atom. The average Bonchev–Trinajstić information content (AvgIpc) is 2.78. The summed E-state index contributed by atoms with van der Waals surface area (Å²) in [6, 6.07) is 7.98. The van der Waals surface area contributed by atoms with E-state index in [0.717, 1.165) is 27.9 Å². The van der Waals surface area contributed by atoms with E-state index in [4.69, 9.17) is 11.6 Å². The van der Waals surface area contributed by atoms with Gasteiger partial charge in [-0.1, -0.05) is 29.8 Å². The molecule has 1 amide bonds. The van der Waals surface area contributed by atoms with Crippen LogP contribution < -0.4 is 5.32 Å². The summed E-state index contributed by atoms with van der Waals surface area (Å²) in [5, 5.41) is 4.62. The molecule has 0 unspecified atom stereocenters. The van der Waals surface area contributed by atoms with Crippen molar-refractivity contribution < 1.29 is 4.79 Å². The van der Waals surface area contributed by atoms with Crippen molar-refractivity contribution in [2.45, 2.75) is 6.42 Å². The van der Waals surface area contributed by atoms with Crippen molar-refractivity contribution >= 4 is 45.0 Å². The quantitative estimate of drug-likeness (QED) is 0.650. The average molecular weight is 323 g/mol. The number of nitrogens with zero attached hydrogens (tertiary/aromatic N) is 1. The van der Waals surface area contributed by atoms with Gasteiger partial charge >= 0.3 is 0 Å². The normalized spacial score (nSPS) is 11.6. The number of fused-ring (bicyclic) bond motifs is 1. The first-order valence-electron chi connectivity index (χ1n) is 6.85. The Morgan fingerprint density at radius 3 is 2.86 bits per heavy atom. The molecular weight excluding hydrogens is 304 g/mol. The summed E-state index contributed by atoms with van der Waals surface area (Å²) in [4.78, 5) is 14.8. The lowest BCUT2D eigenvalue weighted by molar-refractivity contribution is -0.116. The highest BCUT2D eigenvalue weighted by Gasteiger charge is 2.07. The summed E-state index contributed by atoms with van der Waals surface area (Å²) < 4.78 is 1.13. The Morgan fingerprint density at radius 1 is 1.38 bits per heavy atom. The third-order valence-electron chi connectivity index (χ3n) is 3.03. The van der Waals surface area contributed by atoms with E-state index < -0.39 is 0 Å². The zero-order valence-electron chi connectivity index (χ0n) is 12.2. The predicted molar refractivity (Wildman–Crippen MR) is 92.0 cm³/mol. The largest absolute Gasteiger partial charge is 0.353 e. The Labute approximate surface area is 134 Å². The lowest BCUT2D eigenvalue weighted by Crippen LogP contribution is -2.25. The zero-order chi connectivity index (χ0) is 15.2. The summed E-state index contributed by atoms with van der Waals surface area (Å²) in [5.41, 5.74) is 0. The summed E-state index contributed by atoms with van der Waals surface area (Å²) >= 11 is 7.92. The van der Waals surface area contributed by atoms with Crippen molar-refractivity contribution in [3.05, 3.63) is 40.2 Å². The Bertz CT molecular complexity index is 649. The highest BCUT2D eigenvalue weighted by Crippen LogP contribution is 2.35. The molecule has 1 heterocycles. The first-order chi connectivity index (χ1) is 10.1. The molecule has 2 aromatic rings. The van der Waals surface area contributed by atoms with Crippen LogP contribution in [0.2, 0.25) is 5.02 Å². The topological polar surface area (TPSA) is 32.3 Å². The van der Waals surface area contributed by atoms with Crippen molar-refractivity contribution in [2.24, 2.45) is 0 Å². The fraction of sp³-hybridized carbons (Fsp3) is 0.312. The van der Waals surface area contributed by atoms with Gasteiger partial charge in [0.25, 0.3) is 0 Å². The standard InChI is InChI=1S/C16H19ClN2OS/c1-19(2)11-5-10-18-15(20)9-8-14-16(17)12-6-3-4-7-13(12)21-14/h3-4,6-9H,5,10-11H2,1-2H3,(H,18,20)/b9-8+. The van der Waals surface area contributed by atoms with Crippen LogP contribution in [0.3, 0.4) is 0 Å².